The van der Waals surface area contributed by atoms with Gasteiger partial charge in [-0.25, -0.2) is 9.37 Å². The highest BCUT2D eigenvalue weighted by Crippen LogP contribution is 2.16. The third-order valence-electron chi connectivity index (χ3n) is 4.68. The first-order chi connectivity index (χ1) is 15.0. The number of amides is 1. The SMILES string of the molecule is CN=C(NCCNC(=O)Cc1ccc(F)cc1)N(C)Cc1ncc(-c2ccccc2)[nH]1. The van der Waals surface area contributed by atoms with Crippen LogP contribution in [0, 0.1) is 5.82 Å². The van der Waals surface area contributed by atoms with Crippen LogP contribution in [0.1, 0.15) is 11.4 Å². The van der Waals surface area contributed by atoms with Gasteiger partial charge in [-0.1, -0.05) is 42.5 Å². The van der Waals surface area contributed by atoms with E-state index in [4.69, 9.17) is 0 Å². The normalized spacial score (nSPS) is 11.3. The second-order valence-corrected chi connectivity index (χ2v) is 7.09. The lowest BCUT2D eigenvalue weighted by molar-refractivity contribution is -0.120. The van der Waals surface area contributed by atoms with Crippen molar-refractivity contribution in [2.24, 2.45) is 4.99 Å². The van der Waals surface area contributed by atoms with Crippen LogP contribution in [0.25, 0.3) is 11.3 Å². The van der Waals surface area contributed by atoms with Crippen molar-refractivity contribution in [3.63, 3.8) is 0 Å². The lowest BCUT2D eigenvalue weighted by atomic mass is 10.1. The zero-order chi connectivity index (χ0) is 22.1. The Morgan fingerprint density at radius 2 is 1.81 bits per heavy atom. The molecule has 0 fully saturated rings. The minimum atomic E-state index is -0.310. The largest absolute Gasteiger partial charge is 0.354 e. The summed E-state index contributed by atoms with van der Waals surface area (Å²) in [5.74, 6) is 1.11. The molecule has 2 aromatic carbocycles. The smallest absolute Gasteiger partial charge is 0.224 e. The third kappa shape index (κ3) is 6.67. The van der Waals surface area contributed by atoms with Crippen molar-refractivity contribution in [1.29, 1.82) is 0 Å². The monoisotopic (exact) mass is 422 g/mol. The summed E-state index contributed by atoms with van der Waals surface area (Å²) in [5.41, 5.74) is 2.83. The Morgan fingerprint density at radius 3 is 2.52 bits per heavy atom. The molecule has 0 radical (unpaired) electrons. The van der Waals surface area contributed by atoms with Crippen molar-refractivity contribution in [3.8, 4) is 11.3 Å². The summed E-state index contributed by atoms with van der Waals surface area (Å²) in [4.78, 5) is 26.0. The molecule has 7 nitrogen and oxygen atoms in total. The molecule has 8 heteroatoms. The first-order valence-corrected chi connectivity index (χ1v) is 10.1. The number of hydrogen-bond acceptors (Lipinski definition) is 3. The summed E-state index contributed by atoms with van der Waals surface area (Å²) in [7, 11) is 3.64. The second-order valence-electron chi connectivity index (χ2n) is 7.09. The van der Waals surface area contributed by atoms with E-state index in [1.54, 1.807) is 19.2 Å². The maximum atomic E-state index is 12.9. The molecule has 1 heterocycles. The summed E-state index contributed by atoms with van der Waals surface area (Å²) in [6.45, 7) is 1.54. The third-order valence-corrected chi connectivity index (χ3v) is 4.68. The molecule has 31 heavy (non-hydrogen) atoms. The van der Waals surface area contributed by atoms with Crippen LogP contribution in [0.15, 0.2) is 65.8 Å². The summed E-state index contributed by atoms with van der Waals surface area (Å²) in [5, 5.41) is 6.07. The second kappa shape index (κ2) is 10.9. The fraction of sp³-hybridized carbons (Fsp3) is 0.261. The summed E-state index contributed by atoms with van der Waals surface area (Å²) in [6.07, 6.45) is 2.04. The standard InChI is InChI=1S/C23H27FN6O/c1-25-23(27-13-12-26-22(31)14-17-8-10-19(24)11-9-17)30(2)16-21-28-15-20(29-21)18-6-4-3-5-7-18/h3-11,15H,12-14,16H2,1-2H3,(H,25,27)(H,26,31)(H,28,29). The van der Waals surface area contributed by atoms with Gasteiger partial charge in [0.15, 0.2) is 5.96 Å². The van der Waals surface area contributed by atoms with Gasteiger partial charge in [-0.2, -0.15) is 0 Å². The number of nitrogens with one attached hydrogen (secondary N) is 3. The van der Waals surface area contributed by atoms with Crippen molar-refractivity contribution >= 4 is 11.9 Å². The Morgan fingerprint density at radius 1 is 1.10 bits per heavy atom. The number of imidazole rings is 1. The van der Waals surface area contributed by atoms with Crippen molar-refractivity contribution in [1.82, 2.24) is 25.5 Å². The molecule has 0 unspecified atom stereocenters. The van der Waals surface area contributed by atoms with Crippen molar-refractivity contribution in [3.05, 3.63) is 78.0 Å². The lowest BCUT2D eigenvalue weighted by Gasteiger charge is -2.21. The van der Waals surface area contributed by atoms with Crippen LogP contribution in [0.3, 0.4) is 0 Å². The topological polar surface area (TPSA) is 85.4 Å². The number of aliphatic imine (C=N–C) groups is 1. The molecule has 0 saturated carbocycles. The Kier molecular flexibility index (Phi) is 7.75. The van der Waals surface area contributed by atoms with E-state index in [1.165, 1.54) is 12.1 Å². The lowest BCUT2D eigenvalue weighted by Crippen LogP contribution is -2.42. The van der Waals surface area contributed by atoms with Crippen molar-refractivity contribution in [2.75, 3.05) is 27.2 Å². The number of aromatic nitrogens is 2. The average molecular weight is 423 g/mol. The number of carbonyl (C=O) groups excluding carboxylic acids is 1. The molecule has 0 aliphatic heterocycles. The maximum absolute atomic E-state index is 12.9. The molecule has 0 aliphatic rings. The van der Waals surface area contributed by atoms with E-state index in [1.807, 2.05) is 48.5 Å². The highest BCUT2D eigenvalue weighted by molar-refractivity contribution is 5.80. The van der Waals surface area contributed by atoms with E-state index >= 15 is 0 Å². The zero-order valence-corrected chi connectivity index (χ0v) is 17.7. The number of nitrogens with zero attached hydrogens (tertiary/aromatic N) is 3. The quantitative estimate of drug-likeness (QED) is 0.296. The van der Waals surface area contributed by atoms with Gasteiger partial charge in [-0.05, 0) is 23.3 Å². The Balaban J connectivity index is 1.42. The minimum Gasteiger partial charge on any atom is -0.354 e. The minimum absolute atomic E-state index is 0.110. The number of benzene rings is 2. The van der Waals surface area contributed by atoms with E-state index in [0.717, 1.165) is 22.6 Å². The summed E-state index contributed by atoms with van der Waals surface area (Å²) in [6, 6.07) is 16.0. The molecule has 3 aromatic rings. The van der Waals surface area contributed by atoms with Gasteiger partial charge in [0.05, 0.1) is 24.9 Å². The molecule has 0 saturated heterocycles. The molecule has 3 rings (SSSR count). The number of halogens is 1. The molecule has 3 N–H and O–H groups in total. The highest BCUT2D eigenvalue weighted by Gasteiger charge is 2.10. The Bertz CT molecular complexity index is 1000. The number of rotatable bonds is 8. The van der Waals surface area contributed by atoms with Crippen LogP contribution in [0.2, 0.25) is 0 Å². The first-order valence-electron chi connectivity index (χ1n) is 10.1. The Labute approximate surface area is 181 Å². The highest BCUT2D eigenvalue weighted by atomic mass is 19.1. The van der Waals surface area contributed by atoms with Gasteiger partial charge in [0.2, 0.25) is 5.91 Å². The van der Waals surface area contributed by atoms with Gasteiger partial charge in [0.1, 0.15) is 11.6 Å². The van der Waals surface area contributed by atoms with E-state index in [9.17, 15) is 9.18 Å². The molecule has 1 aromatic heterocycles. The van der Waals surface area contributed by atoms with Crippen LogP contribution in [0.4, 0.5) is 4.39 Å². The number of aromatic amines is 1. The van der Waals surface area contributed by atoms with Gasteiger partial charge >= 0.3 is 0 Å². The van der Waals surface area contributed by atoms with Gasteiger partial charge < -0.3 is 20.5 Å². The van der Waals surface area contributed by atoms with E-state index in [-0.39, 0.29) is 18.1 Å². The first kappa shape index (κ1) is 22.0. The van der Waals surface area contributed by atoms with Gasteiger partial charge in [0.25, 0.3) is 0 Å². The van der Waals surface area contributed by atoms with E-state index in [0.29, 0.717) is 25.6 Å². The molecular formula is C23H27FN6O. The van der Waals surface area contributed by atoms with Crippen molar-refractivity contribution < 1.29 is 9.18 Å². The van der Waals surface area contributed by atoms with Crippen LogP contribution < -0.4 is 10.6 Å². The molecule has 0 aliphatic carbocycles. The number of hydrogen-bond donors (Lipinski definition) is 3. The molecule has 162 valence electrons. The molecule has 0 atom stereocenters. The summed E-state index contributed by atoms with van der Waals surface area (Å²) >= 11 is 0. The fourth-order valence-corrected chi connectivity index (χ4v) is 3.12. The average Bonchev–Trinajstić information content (AvgIpc) is 3.24. The van der Waals surface area contributed by atoms with E-state index < -0.39 is 0 Å². The molecule has 1 amide bonds. The van der Waals surface area contributed by atoms with Crippen LogP contribution in [-0.2, 0) is 17.8 Å². The number of H-pyrrole nitrogens is 1. The Hall–Kier alpha value is -3.68. The maximum Gasteiger partial charge on any atom is 0.224 e. The fourth-order valence-electron chi connectivity index (χ4n) is 3.12. The predicted molar refractivity (Wildman–Crippen MR) is 120 cm³/mol. The molecule has 0 spiro atoms. The summed E-state index contributed by atoms with van der Waals surface area (Å²) < 4.78 is 12.9. The van der Waals surface area contributed by atoms with Crippen LogP contribution in [0.5, 0.6) is 0 Å². The number of guanidine groups is 1. The van der Waals surface area contributed by atoms with Crippen LogP contribution in [-0.4, -0.2) is 53.9 Å². The van der Waals surface area contributed by atoms with Crippen molar-refractivity contribution in [2.45, 2.75) is 13.0 Å². The molecule has 0 bridgehead atoms. The molecular weight excluding hydrogens is 395 g/mol. The van der Waals surface area contributed by atoms with E-state index in [2.05, 4.69) is 25.6 Å². The van der Waals surface area contributed by atoms with Gasteiger partial charge in [-0.3, -0.25) is 9.79 Å². The van der Waals surface area contributed by atoms with Gasteiger partial charge in [-0.15, -0.1) is 0 Å². The number of carbonyl (C=O) groups is 1. The van der Waals surface area contributed by atoms with Gasteiger partial charge in [0, 0.05) is 27.2 Å². The predicted octanol–water partition coefficient (Wildman–Crippen LogP) is 2.58. The van der Waals surface area contributed by atoms with Crippen LogP contribution >= 0.6 is 0 Å². The zero-order valence-electron chi connectivity index (χ0n) is 17.7.